The van der Waals surface area contributed by atoms with Crippen molar-refractivity contribution in [2.24, 2.45) is 0 Å². The molecule has 102 valence electrons. The first kappa shape index (κ1) is 16.8. The molecule has 1 N–H and O–H groups in total. The number of hydrogen-bond acceptors (Lipinski definition) is 1. The lowest BCUT2D eigenvalue weighted by molar-refractivity contribution is -0.119. The largest absolute Gasteiger partial charge is 0.274 e. The molecule has 0 aliphatic heterocycles. The Morgan fingerprint density at radius 2 is 1.24 bits per heavy atom. The molecule has 0 aliphatic rings. The summed E-state index contributed by atoms with van der Waals surface area (Å²) < 4.78 is 0. The van der Waals surface area contributed by atoms with Crippen LogP contribution in [0.1, 0.15) is 84.0 Å². The van der Waals surface area contributed by atoms with Crippen LogP contribution in [-0.4, -0.2) is 5.91 Å². The van der Waals surface area contributed by atoms with Crippen LogP contribution < -0.4 is 4.84 Å². The molecular formula is C14H28ClNO. The van der Waals surface area contributed by atoms with Gasteiger partial charge in [-0.1, -0.05) is 71.1 Å². The molecule has 0 aromatic rings. The summed E-state index contributed by atoms with van der Waals surface area (Å²) in [5.41, 5.74) is 0. The summed E-state index contributed by atoms with van der Waals surface area (Å²) in [6, 6.07) is 0. The van der Waals surface area contributed by atoms with Crippen LogP contribution in [0.2, 0.25) is 0 Å². The zero-order valence-electron chi connectivity index (χ0n) is 11.3. The van der Waals surface area contributed by atoms with Crippen LogP contribution in [0.15, 0.2) is 0 Å². The standard InChI is InChI=1S/C14H28ClNO/c1-2-3-4-5-6-7-8-9-10-11-12-13-14(17)16-15/h2-13H2,1H3,(H,16,17). The number of halogens is 1. The SMILES string of the molecule is CCCCCCCCCCCCCC(=O)NCl. The third-order valence-electron chi connectivity index (χ3n) is 3.11. The molecule has 0 heterocycles. The molecule has 0 bridgehead atoms. The van der Waals surface area contributed by atoms with Crippen molar-refractivity contribution < 1.29 is 4.79 Å². The van der Waals surface area contributed by atoms with E-state index in [1.807, 2.05) is 0 Å². The fourth-order valence-corrected chi connectivity index (χ4v) is 2.09. The van der Waals surface area contributed by atoms with Gasteiger partial charge < -0.3 is 0 Å². The van der Waals surface area contributed by atoms with E-state index in [0.29, 0.717) is 6.42 Å². The van der Waals surface area contributed by atoms with Crippen molar-refractivity contribution in [1.29, 1.82) is 0 Å². The molecule has 0 aromatic heterocycles. The minimum Gasteiger partial charge on any atom is -0.274 e. The Labute approximate surface area is 112 Å². The second-order valence-electron chi connectivity index (χ2n) is 4.80. The number of unbranched alkanes of at least 4 members (excludes halogenated alkanes) is 10. The maximum Gasteiger partial charge on any atom is 0.234 e. The Balaban J connectivity index is 2.96. The van der Waals surface area contributed by atoms with E-state index in [1.54, 1.807) is 0 Å². The second-order valence-corrected chi connectivity index (χ2v) is 4.99. The second kappa shape index (κ2) is 13.8. The first-order valence-electron chi connectivity index (χ1n) is 7.20. The number of hydrogen-bond donors (Lipinski definition) is 1. The minimum absolute atomic E-state index is 0.0532. The van der Waals surface area contributed by atoms with E-state index in [1.165, 1.54) is 57.8 Å². The van der Waals surface area contributed by atoms with Gasteiger partial charge in [-0.2, -0.15) is 0 Å². The van der Waals surface area contributed by atoms with Crippen LogP contribution in [0.5, 0.6) is 0 Å². The molecule has 0 saturated carbocycles. The normalized spacial score (nSPS) is 10.5. The summed E-state index contributed by atoms with van der Waals surface area (Å²) in [6.45, 7) is 2.25. The van der Waals surface area contributed by atoms with Gasteiger partial charge >= 0.3 is 0 Å². The Bertz CT molecular complexity index is 174. The van der Waals surface area contributed by atoms with Crippen molar-refractivity contribution in [3.05, 3.63) is 0 Å². The molecule has 0 spiro atoms. The Hall–Kier alpha value is -0.240. The monoisotopic (exact) mass is 261 g/mol. The van der Waals surface area contributed by atoms with E-state index in [2.05, 4.69) is 11.8 Å². The highest BCUT2D eigenvalue weighted by atomic mass is 35.5. The van der Waals surface area contributed by atoms with Gasteiger partial charge in [0.05, 0.1) is 0 Å². The Kier molecular flexibility index (Phi) is 13.6. The maximum atomic E-state index is 10.8. The molecular weight excluding hydrogens is 234 g/mol. The van der Waals surface area contributed by atoms with E-state index < -0.39 is 0 Å². The van der Waals surface area contributed by atoms with Crippen LogP contribution >= 0.6 is 11.8 Å². The maximum absolute atomic E-state index is 10.8. The van der Waals surface area contributed by atoms with E-state index in [-0.39, 0.29) is 5.91 Å². The van der Waals surface area contributed by atoms with Crippen molar-refractivity contribution in [1.82, 2.24) is 4.84 Å². The van der Waals surface area contributed by atoms with Crippen molar-refractivity contribution in [3.63, 3.8) is 0 Å². The average Bonchev–Trinajstić information content (AvgIpc) is 2.35. The molecule has 0 atom stereocenters. The summed E-state index contributed by atoms with van der Waals surface area (Å²) in [5, 5.41) is 0. The predicted molar refractivity (Wildman–Crippen MR) is 75.1 cm³/mol. The smallest absolute Gasteiger partial charge is 0.234 e. The van der Waals surface area contributed by atoms with Gasteiger partial charge in [-0.05, 0) is 6.42 Å². The molecule has 0 aromatic carbocycles. The van der Waals surface area contributed by atoms with Gasteiger partial charge in [-0.15, -0.1) is 0 Å². The first-order valence-corrected chi connectivity index (χ1v) is 7.58. The highest BCUT2D eigenvalue weighted by Crippen LogP contribution is 2.11. The van der Waals surface area contributed by atoms with Crippen LogP contribution in [0.4, 0.5) is 0 Å². The van der Waals surface area contributed by atoms with Crippen LogP contribution in [0, 0.1) is 0 Å². The van der Waals surface area contributed by atoms with Gasteiger partial charge in [-0.25, -0.2) is 0 Å². The Morgan fingerprint density at radius 1 is 0.824 bits per heavy atom. The molecule has 3 heteroatoms. The highest BCUT2D eigenvalue weighted by molar-refractivity contribution is 6.21. The number of rotatable bonds is 12. The number of nitrogens with one attached hydrogen (secondary N) is 1. The summed E-state index contributed by atoms with van der Waals surface area (Å²) in [4.78, 5) is 13.0. The van der Waals surface area contributed by atoms with Gasteiger partial charge in [0, 0.05) is 18.2 Å². The van der Waals surface area contributed by atoms with Crippen molar-refractivity contribution >= 4 is 17.7 Å². The number of amides is 1. The lowest BCUT2D eigenvalue weighted by Gasteiger charge is -2.02. The first-order chi connectivity index (χ1) is 8.31. The van der Waals surface area contributed by atoms with Gasteiger partial charge in [0.1, 0.15) is 0 Å². The fourth-order valence-electron chi connectivity index (χ4n) is 2.00. The molecule has 0 fully saturated rings. The molecule has 1 amide bonds. The van der Waals surface area contributed by atoms with Gasteiger partial charge in [0.25, 0.3) is 0 Å². The van der Waals surface area contributed by atoms with Crippen LogP contribution in [0.3, 0.4) is 0 Å². The number of carbonyl (C=O) groups is 1. The van der Waals surface area contributed by atoms with Gasteiger partial charge in [0.15, 0.2) is 0 Å². The average molecular weight is 262 g/mol. The van der Waals surface area contributed by atoms with E-state index in [9.17, 15) is 4.79 Å². The number of carbonyl (C=O) groups excluding carboxylic acids is 1. The van der Waals surface area contributed by atoms with E-state index in [0.717, 1.165) is 12.8 Å². The molecule has 17 heavy (non-hydrogen) atoms. The molecule has 0 aliphatic carbocycles. The van der Waals surface area contributed by atoms with Crippen molar-refractivity contribution in [3.8, 4) is 0 Å². The zero-order chi connectivity index (χ0) is 12.8. The summed E-state index contributed by atoms with van der Waals surface area (Å²) in [5.74, 6) is -0.0532. The van der Waals surface area contributed by atoms with E-state index >= 15 is 0 Å². The van der Waals surface area contributed by atoms with Crippen molar-refractivity contribution in [2.75, 3.05) is 0 Å². The van der Waals surface area contributed by atoms with E-state index in [4.69, 9.17) is 11.8 Å². The summed E-state index contributed by atoms with van der Waals surface area (Å²) in [6.07, 6.45) is 14.9. The van der Waals surface area contributed by atoms with Crippen LogP contribution in [0.25, 0.3) is 0 Å². The highest BCUT2D eigenvalue weighted by Gasteiger charge is 1.98. The van der Waals surface area contributed by atoms with Crippen molar-refractivity contribution in [2.45, 2.75) is 84.0 Å². The minimum atomic E-state index is -0.0532. The third-order valence-corrected chi connectivity index (χ3v) is 3.32. The Morgan fingerprint density at radius 3 is 1.65 bits per heavy atom. The molecule has 0 rings (SSSR count). The quantitative estimate of drug-likeness (QED) is 0.391. The lowest BCUT2D eigenvalue weighted by atomic mass is 10.1. The summed E-state index contributed by atoms with van der Waals surface area (Å²) >= 11 is 5.19. The molecule has 0 radical (unpaired) electrons. The topological polar surface area (TPSA) is 29.1 Å². The third kappa shape index (κ3) is 13.7. The van der Waals surface area contributed by atoms with Gasteiger partial charge in [0.2, 0.25) is 5.91 Å². The molecule has 0 unspecified atom stereocenters. The van der Waals surface area contributed by atoms with Crippen LogP contribution in [-0.2, 0) is 4.79 Å². The zero-order valence-corrected chi connectivity index (χ0v) is 12.0. The fraction of sp³-hybridized carbons (Fsp3) is 0.929. The molecule has 2 nitrogen and oxygen atoms in total. The summed E-state index contributed by atoms with van der Waals surface area (Å²) in [7, 11) is 0. The van der Waals surface area contributed by atoms with Gasteiger partial charge in [-0.3, -0.25) is 9.63 Å². The molecule has 0 saturated heterocycles. The predicted octanol–water partition coefficient (Wildman–Crippen LogP) is 4.96. The lowest BCUT2D eigenvalue weighted by Crippen LogP contribution is -2.11.